The number of hydrogen-bond donors (Lipinski definition) is 1. The molecule has 148 valence electrons. The third-order valence-electron chi connectivity index (χ3n) is 4.75. The monoisotopic (exact) mass is 373 g/mol. The average molecular weight is 374 g/mol. The van der Waals surface area contributed by atoms with Gasteiger partial charge in [-0.2, -0.15) is 0 Å². The van der Waals surface area contributed by atoms with Crippen LogP contribution in [0.3, 0.4) is 0 Å². The van der Waals surface area contributed by atoms with Crippen LogP contribution >= 0.6 is 0 Å². The van der Waals surface area contributed by atoms with Crippen LogP contribution in [0, 0.1) is 6.92 Å². The van der Waals surface area contributed by atoms with Gasteiger partial charge in [-0.15, -0.1) is 0 Å². The van der Waals surface area contributed by atoms with Crippen molar-refractivity contribution >= 4 is 11.6 Å². The highest BCUT2D eigenvalue weighted by atomic mass is 16.5. The molecule has 0 spiro atoms. The molecule has 0 aliphatic heterocycles. The van der Waals surface area contributed by atoms with Crippen LogP contribution in [0.25, 0.3) is 11.3 Å². The van der Waals surface area contributed by atoms with Crippen molar-refractivity contribution in [2.75, 3.05) is 38.0 Å². The molecule has 7 heteroatoms. The van der Waals surface area contributed by atoms with Crippen molar-refractivity contribution in [3.63, 3.8) is 0 Å². The number of nitrogens with one attached hydrogen (secondary N) is 1. The molecule has 0 aromatic carbocycles. The van der Waals surface area contributed by atoms with E-state index in [1.165, 1.54) is 0 Å². The van der Waals surface area contributed by atoms with E-state index < -0.39 is 0 Å². The van der Waals surface area contributed by atoms with Gasteiger partial charge in [0.2, 0.25) is 0 Å². The van der Waals surface area contributed by atoms with Crippen molar-refractivity contribution < 1.29 is 9.47 Å². The molecule has 7 nitrogen and oxygen atoms in total. The van der Waals surface area contributed by atoms with Crippen molar-refractivity contribution in [3.05, 3.63) is 18.0 Å². The number of aryl methyl sites for hydroxylation is 1. The minimum absolute atomic E-state index is 0.332. The number of nitrogens with zero attached hydrogens (tertiary/aromatic N) is 4. The van der Waals surface area contributed by atoms with Crippen LogP contribution in [0.5, 0.6) is 11.6 Å². The predicted octanol–water partition coefficient (Wildman–Crippen LogP) is 3.92. The maximum Gasteiger partial charge on any atom is 0.257 e. The highest BCUT2D eigenvalue weighted by Gasteiger charge is 2.19. The van der Waals surface area contributed by atoms with Crippen LogP contribution in [-0.4, -0.2) is 48.8 Å². The quantitative estimate of drug-likeness (QED) is 0.714. The van der Waals surface area contributed by atoms with Gasteiger partial charge in [-0.3, -0.25) is 0 Å². The van der Waals surface area contributed by atoms with E-state index in [4.69, 9.17) is 19.4 Å². The molecule has 0 aliphatic carbocycles. The molecule has 0 atom stereocenters. The summed E-state index contributed by atoms with van der Waals surface area (Å²) in [7, 11) is 5.25. The summed E-state index contributed by atoms with van der Waals surface area (Å²) in [5, 5.41) is 3.43. The molecule has 0 fully saturated rings. The van der Waals surface area contributed by atoms with Crippen LogP contribution in [-0.2, 0) is 0 Å². The lowest BCUT2D eigenvalue weighted by molar-refractivity contribution is 0.396. The van der Waals surface area contributed by atoms with Gasteiger partial charge in [0.25, 0.3) is 5.88 Å². The van der Waals surface area contributed by atoms with Gasteiger partial charge in [0.1, 0.15) is 17.3 Å². The van der Waals surface area contributed by atoms with Gasteiger partial charge in [0, 0.05) is 31.9 Å². The molecule has 27 heavy (non-hydrogen) atoms. The zero-order chi connectivity index (χ0) is 20.0. The van der Waals surface area contributed by atoms with E-state index in [0.29, 0.717) is 29.2 Å². The summed E-state index contributed by atoms with van der Waals surface area (Å²) in [4.78, 5) is 16.0. The van der Waals surface area contributed by atoms with Gasteiger partial charge in [-0.05, 0) is 26.7 Å². The number of anilines is 2. The van der Waals surface area contributed by atoms with E-state index in [-0.39, 0.29) is 0 Å². The van der Waals surface area contributed by atoms with Crippen molar-refractivity contribution in [1.29, 1.82) is 0 Å². The SMILES string of the molecule is CCC(CC)Nc1nc(C)c(-c2cnc(N(C)CC)cc2OC)nc1OC. The minimum atomic E-state index is 0.332. The van der Waals surface area contributed by atoms with Gasteiger partial charge in [0.05, 0.1) is 25.5 Å². The molecule has 1 N–H and O–H groups in total. The summed E-state index contributed by atoms with van der Waals surface area (Å²) >= 11 is 0. The van der Waals surface area contributed by atoms with E-state index in [9.17, 15) is 0 Å². The van der Waals surface area contributed by atoms with E-state index in [1.54, 1.807) is 20.4 Å². The van der Waals surface area contributed by atoms with Gasteiger partial charge >= 0.3 is 0 Å². The molecule has 0 aliphatic rings. The number of rotatable bonds is 9. The van der Waals surface area contributed by atoms with E-state index >= 15 is 0 Å². The summed E-state index contributed by atoms with van der Waals surface area (Å²) in [5.41, 5.74) is 2.29. The minimum Gasteiger partial charge on any atom is -0.496 e. The van der Waals surface area contributed by atoms with Gasteiger partial charge in [-0.25, -0.2) is 15.0 Å². The Balaban J connectivity index is 2.49. The Kier molecular flexibility index (Phi) is 7.21. The topological polar surface area (TPSA) is 72.4 Å². The van der Waals surface area contributed by atoms with Crippen LogP contribution in [0.4, 0.5) is 11.6 Å². The molecule has 2 rings (SSSR count). The largest absolute Gasteiger partial charge is 0.496 e. The Morgan fingerprint density at radius 2 is 1.81 bits per heavy atom. The molecule has 0 radical (unpaired) electrons. The normalized spacial score (nSPS) is 10.8. The lowest BCUT2D eigenvalue weighted by atomic mass is 10.1. The van der Waals surface area contributed by atoms with Gasteiger partial charge < -0.3 is 19.7 Å². The lowest BCUT2D eigenvalue weighted by Crippen LogP contribution is -2.19. The number of pyridine rings is 1. The highest BCUT2D eigenvalue weighted by molar-refractivity contribution is 5.72. The first-order chi connectivity index (χ1) is 13.0. The lowest BCUT2D eigenvalue weighted by Gasteiger charge is -2.20. The third-order valence-corrected chi connectivity index (χ3v) is 4.75. The van der Waals surface area contributed by atoms with Crippen molar-refractivity contribution in [2.45, 2.75) is 46.6 Å². The second-order valence-corrected chi connectivity index (χ2v) is 6.43. The summed E-state index contributed by atoms with van der Waals surface area (Å²) in [6.45, 7) is 9.17. The smallest absolute Gasteiger partial charge is 0.257 e. The highest BCUT2D eigenvalue weighted by Crippen LogP contribution is 2.35. The van der Waals surface area contributed by atoms with Crippen molar-refractivity contribution in [2.24, 2.45) is 0 Å². The first-order valence-corrected chi connectivity index (χ1v) is 9.43. The summed E-state index contributed by atoms with van der Waals surface area (Å²) in [6.07, 6.45) is 3.79. The Morgan fingerprint density at radius 1 is 1.11 bits per heavy atom. The van der Waals surface area contributed by atoms with Crippen LogP contribution in [0.2, 0.25) is 0 Å². The van der Waals surface area contributed by atoms with Crippen LogP contribution < -0.4 is 19.7 Å². The number of ether oxygens (including phenoxy) is 2. The summed E-state index contributed by atoms with van der Waals surface area (Å²) in [5.74, 6) is 2.70. The van der Waals surface area contributed by atoms with Crippen molar-refractivity contribution in [1.82, 2.24) is 15.0 Å². The molecule has 2 heterocycles. The Hall–Kier alpha value is -2.57. The maximum atomic E-state index is 5.60. The fourth-order valence-corrected chi connectivity index (χ4v) is 2.83. The second kappa shape index (κ2) is 9.39. The standard InChI is InChI=1S/C20H31N5O2/c1-8-14(9-2)23-19-20(27-7)24-18(13(4)22-19)15-12-21-17(25(5)10-3)11-16(15)26-6/h11-12,14H,8-10H2,1-7H3,(H,22,23). The van der Waals surface area contributed by atoms with Crippen LogP contribution in [0.1, 0.15) is 39.3 Å². The predicted molar refractivity (Wildman–Crippen MR) is 110 cm³/mol. The number of hydrogen-bond acceptors (Lipinski definition) is 7. The average Bonchev–Trinajstić information content (AvgIpc) is 2.71. The van der Waals surface area contributed by atoms with E-state index in [0.717, 1.165) is 36.5 Å². The zero-order valence-corrected chi connectivity index (χ0v) is 17.5. The van der Waals surface area contributed by atoms with Gasteiger partial charge in [0.15, 0.2) is 5.82 Å². The second-order valence-electron chi connectivity index (χ2n) is 6.43. The Bertz CT molecular complexity index is 762. The third kappa shape index (κ3) is 4.59. The molecule has 2 aromatic rings. The summed E-state index contributed by atoms with van der Waals surface area (Å²) < 4.78 is 11.1. The Morgan fingerprint density at radius 3 is 2.37 bits per heavy atom. The van der Waals surface area contributed by atoms with Gasteiger partial charge in [-0.1, -0.05) is 13.8 Å². The molecule has 0 saturated carbocycles. The van der Waals surface area contributed by atoms with Crippen molar-refractivity contribution in [3.8, 4) is 22.9 Å². The molecular weight excluding hydrogens is 342 g/mol. The van der Waals surface area contributed by atoms with Crippen LogP contribution in [0.15, 0.2) is 12.3 Å². The maximum absolute atomic E-state index is 5.60. The molecule has 0 unspecified atom stereocenters. The first kappa shape index (κ1) is 20.7. The van der Waals surface area contributed by atoms with E-state index in [1.807, 2.05) is 24.9 Å². The molecule has 2 aromatic heterocycles. The Labute approximate surface area is 162 Å². The molecule has 0 saturated heterocycles. The fraction of sp³-hybridized carbons (Fsp3) is 0.550. The zero-order valence-electron chi connectivity index (χ0n) is 17.5. The fourth-order valence-electron chi connectivity index (χ4n) is 2.83. The molecular formula is C20H31N5O2. The molecule has 0 amide bonds. The first-order valence-electron chi connectivity index (χ1n) is 9.43. The molecule has 0 bridgehead atoms. The summed E-state index contributed by atoms with van der Waals surface area (Å²) in [6, 6.07) is 2.25. The van der Waals surface area contributed by atoms with E-state index in [2.05, 4.69) is 31.1 Å². The number of methoxy groups -OCH3 is 2. The number of aromatic nitrogens is 3.